The van der Waals surface area contributed by atoms with Crippen molar-refractivity contribution >= 4 is 11.6 Å². The molecule has 2 unspecified atom stereocenters. The maximum absolute atomic E-state index is 6.07. The molecule has 1 fully saturated rings. The van der Waals surface area contributed by atoms with E-state index in [4.69, 9.17) is 21.1 Å². The van der Waals surface area contributed by atoms with Gasteiger partial charge >= 0.3 is 0 Å². The molecule has 106 valence electrons. The summed E-state index contributed by atoms with van der Waals surface area (Å²) in [6.45, 7) is 0.904. The van der Waals surface area contributed by atoms with Gasteiger partial charge in [0.05, 0.1) is 13.2 Å². The summed E-state index contributed by atoms with van der Waals surface area (Å²) in [6.07, 6.45) is 4.68. The largest absolute Gasteiger partial charge is 0.496 e. The van der Waals surface area contributed by atoms with Crippen molar-refractivity contribution in [1.29, 1.82) is 0 Å². The fourth-order valence-electron chi connectivity index (χ4n) is 2.62. The second kappa shape index (κ2) is 7.13. The Labute approximate surface area is 120 Å². The van der Waals surface area contributed by atoms with Gasteiger partial charge in [-0.3, -0.25) is 0 Å². The SMILES string of the molecule is CNC(Cc1cc(Cl)ccc1OC)CC1CCCO1. The highest BCUT2D eigenvalue weighted by Crippen LogP contribution is 2.26. The number of benzene rings is 1. The van der Waals surface area contributed by atoms with Gasteiger partial charge in [0, 0.05) is 17.7 Å². The van der Waals surface area contributed by atoms with Crippen molar-refractivity contribution in [3.63, 3.8) is 0 Å². The Hall–Kier alpha value is -0.770. The van der Waals surface area contributed by atoms with Crippen molar-refractivity contribution in [2.24, 2.45) is 0 Å². The van der Waals surface area contributed by atoms with E-state index >= 15 is 0 Å². The molecule has 3 nitrogen and oxygen atoms in total. The monoisotopic (exact) mass is 283 g/mol. The van der Waals surface area contributed by atoms with Crippen LogP contribution in [0.3, 0.4) is 0 Å². The van der Waals surface area contributed by atoms with Crippen molar-refractivity contribution in [3.05, 3.63) is 28.8 Å². The number of nitrogens with one attached hydrogen (secondary N) is 1. The molecule has 0 amide bonds. The number of hydrogen-bond donors (Lipinski definition) is 1. The minimum Gasteiger partial charge on any atom is -0.496 e. The molecule has 19 heavy (non-hydrogen) atoms. The van der Waals surface area contributed by atoms with Crippen LogP contribution in [0.5, 0.6) is 5.75 Å². The second-order valence-corrected chi connectivity index (χ2v) is 5.45. The molecule has 0 aliphatic carbocycles. The van der Waals surface area contributed by atoms with Crippen LogP contribution in [0.2, 0.25) is 5.02 Å². The molecule has 1 N–H and O–H groups in total. The van der Waals surface area contributed by atoms with E-state index < -0.39 is 0 Å². The van der Waals surface area contributed by atoms with Crippen LogP contribution in [0, 0.1) is 0 Å². The Morgan fingerprint density at radius 3 is 3.00 bits per heavy atom. The van der Waals surface area contributed by atoms with Gasteiger partial charge in [-0.2, -0.15) is 0 Å². The van der Waals surface area contributed by atoms with Crippen LogP contribution in [0.15, 0.2) is 18.2 Å². The van der Waals surface area contributed by atoms with Crippen molar-refractivity contribution in [3.8, 4) is 5.75 Å². The van der Waals surface area contributed by atoms with Gasteiger partial charge in [-0.1, -0.05) is 11.6 Å². The number of halogens is 1. The second-order valence-electron chi connectivity index (χ2n) is 5.02. The number of likely N-dealkylation sites (N-methyl/N-ethyl adjacent to an activating group) is 1. The first-order chi connectivity index (χ1) is 9.22. The highest BCUT2D eigenvalue weighted by Gasteiger charge is 2.21. The zero-order valence-electron chi connectivity index (χ0n) is 11.6. The molecule has 1 heterocycles. The van der Waals surface area contributed by atoms with Gasteiger partial charge in [-0.05, 0) is 56.5 Å². The minimum absolute atomic E-state index is 0.385. The van der Waals surface area contributed by atoms with Crippen LogP contribution < -0.4 is 10.1 Å². The van der Waals surface area contributed by atoms with E-state index in [2.05, 4.69) is 5.32 Å². The lowest BCUT2D eigenvalue weighted by molar-refractivity contribution is 0.0953. The van der Waals surface area contributed by atoms with E-state index in [9.17, 15) is 0 Å². The predicted molar refractivity (Wildman–Crippen MR) is 78.1 cm³/mol. The molecule has 1 saturated heterocycles. The summed E-state index contributed by atoms with van der Waals surface area (Å²) in [4.78, 5) is 0. The van der Waals surface area contributed by atoms with Crippen LogP contribution in [0.4, 0.5) is 0 Å². The number of methoxy groups -OCH3 is 1. The standard InChI is InChI=1S/C15H22ClNO2/c1-17-13(10-14-4-3-7-19-14)9-11-8-12(16)5-6-15(11)18-2/h5-6,8,13-14,17H,3-4,7,9-10H2,1-2H3. The molecule has 0 spiro atoms. The Morgan fingerprint density at radius 2 is 2.37 bits per heavy atom. The molecule has 1 aliphatic heterocycles. The van der Waals surface area contributed by atoms with Gasteiger partial charge < -0.3 is 14.8 Å². The highest BCUT2D eigenvalue weighted by atomic mass is 35.5. The van der Waals surface area contributed by atoms with Gasteiger partial charge in [-0.25, -0.2) is 0 Å². The fraction of sp³-hybridized carbons (Fsp3) is 0.600. The van der Waals surface area contributed by atoms with E-state index in [0.29, 0.717) is 12.1 Å². The maximum atomic E-state index is 6.07. The maximum Gasteiger partial charge on any atom is 0.122 e. The first-order valence-electron chi connectivity index (χ1n) is 6.84. The topological polar surface area (TPSA) is 30.5 Å². The molecule has 0 radical (unpaired) electrons. The first-order valence-corrected chi connectivity index (χ1v) is 7.22. The van der Waals surface area contributed by atoms with Gasteiger partial charge in [0.25, 0.3) is 0 Å². The summed E-state index contributed by atoms with van der Waals surface area (Å²) in [5.41, 5.74) is 1.15. The molecule has 2 rings (SSSR count). The Kier molecular flexibility index (Phi) is 5.49. The highest BCUT2D eigenvalue weighted by molar-refractivity contribution is 6.30. The molecule has 0 saturated carbocycles. The van der Waals surface area contributed by atoms with Crippen molar-refractivity contribution in [1.82, 2.24) is 5.32 Å². The summed E-state index contributed by atoms with van der Waals surface area (Å²) in [5.74, 6) is 0.900. The minimum atomic E-state index is 0.385. The molecule has 0 aromatic heterocycles. The van der Waals surface area contributed by atoms with Crippen LogP contribution in [-0.2, 0) is 11.2 Å². The van der Waals surface area contributed by atoms with Crippen LogP contribution in [-0.4, -0.2) is 32.9 Å². The van der Waals surface area contributed by atoms with E-state index in [0.717, 1.165) is 35.8 Å². The van der Waals surface area contributed by atoms with Crippen LogP contribution >= 0.6 is 11.6 Å². The summed E-state index contributed by atoms with van der Waals surface area (Å²) < 4.78 is 11.1. The lowest BCUT2D eigenvalue weighted by atomic mass is 9.99. The fourth-order valence-corrected chi connectivity index (χ4v) is 2.82. The molecule has 1 aromatic carbocycles. The molecule has 1 aromatic rings. The van der Waals surface area contributed by atoms with Gasteiger partial charge in [0.2, 0.25) is 0 Å². The van der Waals surface area contributed by atoms with Crippen LogP contribution in [0.25, 0.3) is 0 Å². The predicted octanol–water partition coefficient (Wildman–Crippen LogP) is 3.05. The Balaban J connectivity index is 2.02. The molecule has 2 atom stereocenters. The van der Waals surface area contributed by atoms with Crippen molar-refractivity contribution < 1.29 is 9.47 Å². The van der Waals surface area contributed by atoms with E-state index in [1.807, 2.05) is 25.2 Å². The Bertz CT molecular complexity index is 405. The van der Waals surface area contributed by atoms with Gasteiger partial charge in [-0.15, -0.1) is 0 Å². The van der Waals surface area contributed by atoms with Gasteiger partial charge in [0.1, 0.15) is 5.75 Å². The van der Waals surface area contributed by atoms with Crippen molar-refractivity contribution in [2.45, 2.75) is 37.8 Å². The lowest BCUT2D eigenvalue weighted by Gasteiger charge is -2.21. The van der Waals surface area contributed by atoms with E-state index in [1.54, 1.807) is 7.11 Å². The Morgan fingerprint density at radius 1 is 1.53 bits per heavy atom. The quantitative estimate of drug-likeness (QED) is 0.870. The zero-order chi connectivity index (χ0) is 13.7. The molecular formula is C15H22ClNO2. The summed E-state index contributed by atoms with van der Waals surface area (Å²) >= 11 is 6.07. The van der Waals surface area contributed by atoms with Crippen LogP contribution in [0.1, 0.15) is 24.8 Å². The average molecular weight is 284 g/mol. The normalized spacial score (nSPS) is 20.5. The number of rotatable bonds is 6. The zero-order valence-corrected chi connectivity index (χ0v) is 12.4. The smallest absolute Gasteiger partial charge is 0.122 e. The molecular weight excluding hydrogens is 262 g/mol. The number of hydrogen-bond acceptors (Lipinski definition) is 3. The molecule has 0 bridgehead atoms. The first kappa shape index (κ1) is 14.6. The third-order valence-corrected chi connectivity index (χ3v) is 3.92. The molecule has 1 aliphatic rings. The van der Waals surface area contributed by atoms with E-state index in [1.165, 1.54) is 12.8 Å². The third kappa shape index (κ3) is 4.10. The summed E-state index contributed by atoms with van der Waals surface area (Å²) in [5, 5.41) is 4.12. The lowest BCUT2D eigenvalue weighted by Crippen LogP contribution is -2.31. The average Bonchev–Trinajstić information content (AvgIpc) is 2.91. The third-order valence-electron chi connectivity index (χ3n) is 3.69. The molecule has 4 heteroatoms. The van der Waals surface area contributed by atoms with E-state index in [-0.39, 0.29) is 0 Å². The number of ether oxygens (including phenoxy) is 2. The summed E-state index contributed by atoms with van der Waals surface area (Å²) in [6, 6.07) is 6.16. The van der Waals surface area contributed by atoms with Crippen molar-refractivity contribution in [2.75, 3.05) is 20.8 Å². The summed E-state index contributed by atoms with van der Waals surface area (Å²) in [7, 11) is 3.69. The van der Waals surface area contributed by atoms with Gasteiger partial charge in [0.15, 0.2) is 0 Å².